The van der Waals surface area contributed by atoms with Crippen LogP contribution in [0.4, 0.5) is 0 Å². The van der Waals surface area contributed by atoms with Gasteiger partial charge in [0.05, 0.1) is 20.0 Å². The molecular formula is C14H24O4S. The third kappa shape index (κ3) is 6.85. The van der Waals surface area contributed by atoms with Gasteiger partial charge in [0.25, 0.3) is 0 Å². The normalized spacial score (nSPS) is 16.8. The van der Waals surface area contributed by atoms with E-state index >= 15 is 0 Å². The van der Waals surface area contributed by atoms with Crippen molar-refractivity contribution >= 4 is 23.7 Å². The van der Waals surface area contributed by atoms with E-state index < -0.39 is 5.60 Å². The van der Waals surface area contributed by atoms with Crippen LogP contribution in [0.15, 0.2) is 0 Å². The van der Waals surface area contributed by atoms with Crippen molar-refractivity contribution in [2.75, 3.05) is 18.6 Å². The van der Waals surface area contributed by atoms with E-state index in [-0.39, 0.29) is 17.4 Å². The van der Waals surface area contributed by atoms with Gasteiger partial charge in [0, 0.05) is 5.75 Å². The number of carbonyl (C=O) groups excluding carboxylic acids is 2. The Morgan fingerprint density at radius 3 is 2.32 bits per heavy atom. The van der Waals surface area contributed by atoms with Crippen LogP contribution >= 0.6 is 11.8 Å². The van der Waals surface area contributed by atoms with Gasteiger partial charge in [-0.3, -0.25) is 9.59 Å². The van der Waals surface area contributed by atoms with Crippen molar-refractivity contribution < 1.29 is 19.1 Å². The molecular weight excluding hydrogens is 264 g/mol. The van der Waals surface area contributed by atoms with Crippen molar-refractivity contribution in [2.45, 2.75) is 52.1 Å². The lowest BCUT2D eigenvalue weighted by Gasteiger charge is -2.19. The summed E-state index contributed by atoms with van der Waals surface area (Å²) >= 11 is 1.72. The molecule has 1 fully saturated rings. The summed E-state index contributed by atoms with van der Waals surface area (Å²) in [5.41, 5.74) is -0.282. The summed E-state index contributed by atoms with van der Waals surface area (Å²) in [7, 11) is 1.42. The van der Waals surface area contributed by atoms with Gasteiger partial charge in [-0.15, -0.1) is 0 Å². The number of hydrogen-bond acceptors (Lipinski definition) is 5. The number of carbonyl (C=O) groups is 2. The molecule has 0 heterocycles. The summed E-state index contributed by atoms with van der Waals surface area (Å²) in [6.07, 6.45) is 3.10. The Balaban J connectivity index is 2.14. The third-order valence-corrected chi connectivity index (χ3v) is 4.29. The van der Waals surface area contributed by atoms with Crippen LogP contribution in [-0.4, -0.2) is 36.2 Å². The summed E-state index contributed by atoms with van der Waals surface area (Å²) in [6.45, 7) is 5.61. The molecule has 1 aliphatic carbocycles. The second kappa shape index (κ2) is 6.64. The second-order valence-corrected chi connectivity index (χ2v) is 7.25. The highest BCUT2D eigenvalue weighted by Gasteiger charge is 2.44. The summed E-state index contributed by atoms with van der Waals surface area (Å²) in [4.78, 5) is 22.8. The van der Waals surface area contributed by atoms with Gasteiger partial charge in [-0.25, -0.2) is 0 Å². The van der Waals surface area contributed by atoms with Crippen molar-refractivity contribution in [3.63, 3.8) is 0 Å². The standard InChI is InChI=1S/C14H24O4S/c1-13(2,3)18-11(15)5-8-19-10-14(6-7-14)9-12(16)17-4/h5-10H2,1-4H3. The van der Waals surface area contributed by atoms with E-state index in [0.717, 1.165) is 24.3 Å². The molecule has 19 heavy (non-hydrogen) atoms. The molecule has 0 unspecified atom stereocenters. The van der Waals surface area contributed by atoms with E-state index in [1.165, 1.54) is 7.11 Å². The fourth-order valence-corrected chi connectivity index (χ4v) is 3.04. The van der Waals surface area contributed by atoms with Crippen molar-refractivity contribution in [1.29, 1.82) is 0 Å². The van der Waals surface area contributed by atoms with Crippen LogP contribution in [0.2, 0.25) is 0 Å². The first-order chi connectivity index (χ1) is 8.76. The zero-order chi connectivity index (χ0) is 14.5. The lowest BCUT2D eigenvalue weighted by molar-refractivity contribution is -0.154. The minimum Gasteiger partial charge on any atom is -0.469 e. The maximum absolute atomic E-state index is 11.5. The molecule has 1 aliphatic rings. The number of rotatable bonds is 7. The zero-order valence-corrected chi connectivity index (χ0v) is 13.1. The lowest BCUT2D eigenvalue weighted by atomic mass is 10.1. The van der Waals surface area contributed by atoms with Crippen LogP contribution < -0.4 is 0 Å². The van der Waals surface area contributed by atoms with Crippen molar-refractivity contribution in [1.82, 2.24) is 0 Å². The molecule has 5 heteroatoms. The molecule has 4 nitrogen and oxygen atoms in total. The highest BCUT2D eigenvalue weighted by atomic mass is 32.2. The van der Waals surface area contributed by atoms with E-state index in [1.54, 1.807) is 11.8 Å². The molecule has 110 valence electrons. The van der Waals surface area contributed by atoms with Gasteiger partial charge in [0.2, 0.25) is 0 Å². The molecule has 0 bridgehead atoms. The number of methoxy groups -OCH3 is 1. The van der Waals surface area contributed by atoms with Gasteiger partial charge in [-0.1, -0.05) is 0 Å². The highest BCUT2D eigenvalue weighted by Crippen LogP contribution is 2.51. The molecule has 1 rings (SSSR count). The molecule has 0 amide bonds. The second-order valence-electron chi connectivity index (χ2n) is 6.14. The van der Waals surface area contributed by atoms with Crippen molar-refractivity contribution in [2.24, 2.45) is 5.41 Å². The minimum atomic E-state index is -0.412. The molecule has 0 radical (unpaired) electrons. The SMILES string of the molecule is COC(=O)CC1(CSCCC(=O)OC(C)(C)C)CC1. The quantitative estimate of drug-likeness (QED) is 0.532. The summed E-state index contributed by atoms with van der Waals surface area (Å²) in [6, 6.07) is 0. The maximum Gasteiger partial charge on any atom is 0.307 e. The van der Waals surface area contributed by atoms with E-state index in [1.807, 2.05) is 20.8 Å². The predicted octanol–water partition coefficient (Wildman–Crippen LogP) is 2.79. The van der Waals surface area contributed by atoms with E-state index in [2.05, 4.69) is 0 Å². The zero-order valence-electron chi connectivity index (χ0n) is 12.3. The van der Waals surface area contributed by atoms with Crippen LogP contribution in [0.3, 0.4) is 0 Å². The van der Waals surface area contributed by atoms with Crippen LogP contribution in [-0.2, 0) is 19.1 Å². The lowest BCUT2D eigenvalue weighted by Crippen LogP contribution is -2.24. The van der Waals surface area contributed by atoms with Crippen molar-refractivity contribution in [3.8, 4) is 0 Å². The Morgan fingerprint density at radius 1 is 1.21 bits per heavy atom. The van der Waals surface area contributed by atoms with E-state index in [4.69, 9.17) is 9.47 Å². The molecule has 1 saturated carbocycles. The molecule has 0 aromatic carbocycles. The Hall–Kier alpha value is -0.710. The number of esters is 2. The van der Waals surface area contributed by atoms with Gasteiger partial charge in [0.1, 0.15) is 5.60 Å². The minimum absolute atomic E-state index is 0.131. The van der Waals surface area contributed by atoms with E-state index in [9.17, 15) is 9.59 Å². The average Bonchev–Trinajstić information content (AvgIpc) is 3.02. The average molecular weight is 288 g/mol. The Kier molecular flexibility index (Phi) is 5.71. The van der Waals surface area contributed by atoms with Gasteiger partial charge in [-0.05, 0) is 44.8 Å². The van der Waals surface area contributed by atoms with Gasteiger partial charge >= 0.3 is 11.9 Å². The van der Waals surface area contributed by atoms with Gasteiger partial charge in [-0.2, -0.15) is 11.8 Å². The van der Waals surface area contributed by atoms with Crippen LogP contribution in [0.25, 0.3) is 0 Å². The Morgan fingerprint density at radius 2 is 1.84 bits per heavy atom. The van der Waals surface area contributed by atoms with Gasteiger partial charge < -0.3 is 9.47 Å². The fraction of sp³-hybridized carbons (Fsp3) is 0.857. The van der Waals surface area contributed by atoms with Crippen molar-refractivity contribution in [3.05, 3.63) is 0 Å². The summed E-state index contributed by atoms with van der Waals surface area (Å²) in [5.74, 6) is 1.38. The van der Waals surface area contributed by atoms with Gasteiger partial charge in [0.15, 0.2) is 0 Å². The highest BCUT2D eigenvalue weighted by molar-refractivity contribution is 7.99. The number of ether oxygens (including phenoxy) is 2. The monoisotopic (exact) mass is 288 g/mol. The number of thioether (sulfide) groups is 1. The predicted molar refractivity (Wildman–Crippen MR) is 76.1 cm³/mol. The summed E-state index contributed by atoms with van der Waals surface area (Å²) in [5, 5.41) is 0. The molecule has 0 spiro atoms. The van der Waals surface area contributed by atoms with Crippen LogP contribution in [0.1, 0.15) is 46.5 Å². The number of hydrogen-bond donors (Lipinski definition) is 0. The Bertz CT molecular complexity index is 329. The van der Waals surface area contributed by atoms with Crippen LogP contribution in [0.5, 0.6) is 0 Å². The smallest absolute Gasteiger partial charge is 0.307 e. The molecule has 0 aromatic heterocycles. The topological polar surface area (TPSA) is 52.6 Å². The molecule has 0 aromatic rings. The fourth-order valence-electron chi connectivity index (χ4n) is 1.76. The first-order valence-electron chi connectivity index (χ1n) is 6.63. The summed E-state index contributed by atoms with van der Waals surface area (Å²) < 4.78 is 9.94. The maximum atomic E-state index is 11.5. The first-order valence-corrected chi connectivity index (χ1v) is 7.78. The molecule has 0 atom stereocenters. The third-order valence-electron chi connectivity index (χ3n) is 2.98. The van der Waals surface area contributed by atoms with E-state index in [0.29, 0.717) is 12.8 Å². The van der Waals surface area contributed by atoms with Crippen LogP contribution in [0, 0.1) is 5.41 Å². The molecule has 0 aliphatic heterocycles. The molecule has 0 N–H and O–H groups in total. The Labute approximate surface area is 119 Å². The largest absolute Gasteiger partial charge is 0.469 e. The molecule has 0 saturated heterocycles. The first kappa shape index (κ1) is 16.3.